The van der Waals surface area contributed by atoms with Crippen molar-refractivity contribution in [2.45, 2.75) is 30.7 Å². The third-order valence-electron chi connectivity index (χ3n) is 4.86. The quantitative estimate of drug-likeness (QED) is 0.502. The normalized spacial score (nSPS) is 27.1. The van der Waals surface area contributed by atoms with Crippen LogP contribution in [0.4, 0.5) is 0 Å². The van der Waals surface area contributed by atoms with Crippen LogP contribution < -0.4 is 10.2 Å². The first-order valence-electron chi connectivity index (χ1n) is 9.08. The molecule has 2 aromatic carbocycles. The maximum absolute atomic E-state index is 12.4. The molecular formula is C21H20O8. The molecule has 0 unspecified atom stereocenters. The van der Waals surface area contributed by atoms with Gasteiger partial charge in [-0.15, -0.1) is 0 Å². The van der Waals surface area contributed by atoms with Crippen molar-refractivity contribution in [3.05, 3.63) is 64.8 Å². The number of benzene rings is 2. The molecule has 0 spiro atoms. The molecule has 4 rings (SSSR count). The summed E-state index contributed by atoms with van der Waals surface area (Å²) in [7, 11) is 0. The van der Waals surface area contributed by atoms with E-state index in [0.29, 0.717) is 11.1 Å². The Labute approximate surface area is 165 Å². The average molecular weight is 400 g/mol. The van der Waals surface area contributed by atoms with Gasteiger partial charge in [0.2, 0.25) is 6.29 Å². The lowest BCUT2D eigenvalue weighted by molar-refractivity contribution is -0.277. The highest BCUT2D eigenvalue weighted by atomic mass is 16.7. The fourth-order valence-corrected chi connectivity index (χ4v) is 3.25. The van der Waals surface area contributed by atoms with Gasteiger partial charge in [-0.05, 0) is 12.1 Å². The van der Waals surface area contributed by atoms with Gasteiger partial charge in [0.05, 0.1) is 12.0 Å². The van der Waals surface area contributed by atoms with Crippen LogP contribution >= 0.6 is 0 Å². The number of aliphatic hydroxyl groups excluding tert-OH is 4. The summed E-state index contributed by atoms with van der Waals surface area (Å²) < 4.78 is 16.8. The van der Waals surface area contributed by atoms with E-state index < -0.39 is 37.3 Å². The minimum absolute atomic E-state index is 0.218. The third-order valence-corrected chi connectivity index (χ3v) is 4.86. The van der Waals surface area contributed by atoms with Crippen molar-refractivity contribution in [2.75, 3.05) is 6.61 Å². The molecule has 2 heterocycles. The average Bonchev–Trinajstić information content (AvgIpc) is 2.74. The number of hydrogen-bond donors (Lipinski definition) is 4. The molecular weight excluding hydrogens is 380 g/mol. The molecule has 1 saturated heterocycles. The Balaban J connectivity index is 1.66. The third kappa shape index (κ3) is 3.76. The van der Waals surface area contributed by atoms with Crippen molar-refractivity contribution < 1.29 is 34.3 Å². The summed E-state index contributed by atoms with van der Waals surface area (Å²) in [5.41, 5.74) is 0.801. The van der Waals surface area contributed by atoms with Crippen LogP contribution in [0.5, 0.6) is 5.75 Å². The molecule has 0 bridgehead atoms. The maximum Gasteiger partial charge on any atom is 0.229 e. The van der Waals surface area contributed by atoms with E-state index >= 15 is 0 Å². The Hall–Kier alpha value is -2.75. The van der Waals surface area contributed by atoms with E-state index in [9.17, 15) is 25.2 Å². The first kappa shape index (κ1) is 19.6. The first-order valence-corrected chi connectivity index (χ1v) is 9.08. The molecule has 1 aliphatic heterocycles. The smallest absolute Gasteiger partial charge is 0.229 e. The van der Waals surface area contributed by atoms with Crippen molar-refractivity contribution in [1.29, 1.82) is 0 Å². The summed E-state index contributed by atoms with van der Waals surface area (Å²) in [5, 5.41) is 39.5. The van der Waals surface area contributed by atoms with Gasteiger partial charge in [-0.1, -0.05) is 30.3 Å². The Morgan fingerprint density at radius 1 is 0.931 bits per heavy atom. The Bertz CT molecular complexity index is 1050. The van der Waals surface area contributed by atoms with Crippen LogP contribution in [0.3, 0.4) is 0 Å². The zero-order chi connectivity index (χ0) is 20.5. The molecule has 29 heavy (non-hydrogen) atoms. The summed E-state index contributed by atoms with van der Waals surface area (Å²) in [5.74, 6) is 0.614. The van der Waals surface area contributed by atoms with Crippen LogP contribution in [0.2, 0.25) is 0 Å². The number of rotatable bonds is 4. The summed E-state index contributed by atoms with van der Waals surface area (Å²) in [6.45, 7) is -0.558. The van der Waals surface area contributed by atoms with Gasteiger partial charge in [0.25, 0.3) is 0 Å². The van der Waals surface area contributed by atoms with Crippen molar-refractivity contribution in [2.24, 2.45) is 0 Å². The lowest BCUT2D eigenvalue weighted by Crippen LogP contribution is -2.60. The van der Waals surface area contributed by atoms with E-state index in [4.69, 9.17) is 13.9 Å². The van der Waals surface area contributed by atoms with Crippen LogP contribution in [0.1, 0.15) is 0 Å². The van der Waals surface area contributed by atoms with E-state index in [-0.39, 0.29) is 16.8 Å². The zero-order valence-corrected chi connectivity index (χ0v) is 15.2. The molecule has 5 atom stereocenters. The highest BCUT2D eigenvalue weighted by Gasteiger charge is 2.44. The van der Waals surface area contributed by atoms with Gasteiger partial charge in [-0.25, -0.2) is 0 Å². The van der Waals surface area contributed by atoms with Crippen LogP contribution in [0, 0.1) is 0 Å². The van der Waals surface area contributed by atoms with Crippen LogP contribution in [0.25, 0.3) is 22.3 Å². The number of fused-ring (bicyclic) bond motifs is 1. The number of hydrogen-bond acceptors (Lipinski definition) is 8. The summed E-state index contributed by atoms with van der Waals surface area (Å²) in [6, 6.07) is 15.1. The van der Waals surface area contributed by atoms with Crippen LogP contribution in [-0.4, -0.2) is 57.7 Å². The highest BCUT2D eigenvalue weighted by molar-refractivity contribution is 5.80. The predicted molar refractivity (Wildman–Crippen MR) is 102 cm³/mol. The fourth-order valence-electron chi connectivity index (χ4n) is 3.25. The SMILES string of the molecule is O=c1cc(-c2ccccc2)oc2cc(O[C@H]3O[C@H](CO)[C@@H](O)[C@H](O)[C@H]3O)ccc12. The van der Waals surface area contributed by atoms with Crippen LogP contribution in [0.15, 0.2) is 63.8 Å². The molecule has 8 nitrogen and oxygen atoms in total. The van der Waals surface area contributed by atoms with Crippen molar-refractivity contribution in [3.8, 4) is 17.1 Å². The second-order valence-electron chi connectivity index (χ2n) is 6.81. The highest BCUT2D eigenvalue weighted by Crippen LogP contribution is 2.28. The molecule has 4 N–H and O–H groups in total. The van der Waals surface area contributed by atoms with Crippen LogP contribution in [-0.2, 0) is 4.74 Å². The van der Waals surface area contributed by atoms with Gasteiger partial charge in [-0.3, -0.25) is 4.79 Å². The van der Waals surface area contributed by atoms with Gasteiger partial charge in [0.15, 0.2) is 5.43 Å². The summed E-state index contributed by atoms with van der Waals surface area (Å²) >= 11 is 0. The summed E-state index contributed by atoms with van der Waals surface area (Å²) in [4.78, 5) is 12.4. The minimum atomic E-state index is -1.55. The van der Waals surface area contributed by atoms with Crippen molar-refractivity contribution in [3.63, 3.8) is 0 Å². The van der Waals surface area contributed by atoms with E-state index in [0.717, 1.165) is 5.56 Å². The second kappa shape index (κ2) is 7.94. The van der Waals surface area contributed by atoms with Gasteiger partial charge in [-0.2, -0.15) is 0 Å². The van der Waals surface area contributed by atoms with E-state index in [1.54, 1.807) is 0 Å². The van der Waals surface area contributed by atoms with Crippen molar-refractivity contribution in [1.82, 2.24) is 0 Å². The Kier molecular flexibility index (Phi) is 5.35. The minimum Gasteiger partial charge on any atom is -0.462 e. The monoisotopic (exact) mass is 400 g/mol. The van der Waals surface area contributed by atoms with E-state index in [2.05, 4.69) is 0 Å². The summed E-state index contributed by atoms with van der Waals surface area (Å²) in [6.07, 6.45) is -6.97. The molecule has 1 aromatic heterocycles. The molecule has 0 amide bonds. The predicted octanol–water partition coefficient (Wildman–Crippen LogP) is 0.639. The van der Waals surface area contributed by atoms with Crippen molar-refractivity contribution >= 4 is 11.0 Å². The zero-order valence-electron chi connectivity index (χ0n) is 15.2. The Morgan fingerprint density at radius 3 is 2.41 bits per heavy atom. The fraction of sp³-hybridized carbons (Fsp3) is 0.286. The van der Waals surface area contributed by atoms with E-state index in [1.807, 2.05) is 30.3 Å². The first-order chi connectivity index (χ1) is 14.0. The molecule has 8 heteroatoms. The molecule has 0 aliphatic carbocycles. The number of ether oxygens (including phenoxy) is 2. The molecule has 1 aliphatic rings. The van der Waals surface area contributed by atoms with Gasteiger partial charge < -0.3 is 34.3 Å². The standard InChI is InChI=1S/C21H20O8/c22-10-17-18(24)19(25)20(26)21(29-17)27-12-6-7-13-14(23)9-15(28-16(13)8-12)11-4-2-1-3-5-11/h1-9,17-22,24-26H,10H2/t17-,18-,19+,20-,21+/m1/s1. The van der Waals surface area contributed by atoms with Gasteiger partial charge >= 0.3 is 0 Å². The Morgan fingerprint density at radius 2 is 1.69 bits per heavy atom. The number of aliphatic hydroxyl groups is 4. The lowest BCUT2D eigenvalue weighted by Gasteiger charge is -2.39. The second-order valence-corrected chi connectivity index (χ2v) is 6.81. The lowest BCUT2D eigenvalue weighted by atomic mass is 9.99. The molecule has 1 fully saturated rings. The van der Waals surface area contributed by atoms with E-state index in [1.165, 1.54) is 24.3 Å². The largest absolute Gasteiger partial charge is 0.462 e. The van der Waals surface area contributed by atoms with Gasteiger partial charge in [0.1, 0.15) is 41.5 Å². The molecule has 152 valence electrons. The molecule has 0 saturated carbocycles. The molecule has 3 aromatic rings. The maximum atomic E-state index is 12.4. The van der Waals surface area contributed by atoms with Gasteiger partial charge in [0, 0.05) is 17.7 Å². The molecule has 0 radical (unpaired) electrons. The topological polar surface area (TPSA) is 130 Å².